The zero-order valence-corrected chi connectivity index (χ0v) is 9.98. The van der Waals surface area contributed by atoms with E-state index in [4.69, 9.17) is 9.47 Å². The first-order valence-electron chi connectivity index (χ1n) is 5.92. The Balaban J connectivity index is 2.42. The van der Waals surface area contributed by atoms with Crippen molar-refractivity contribution in [3.63, 3.8) is 0 Å². The Hall–Kier alpha value is -0.900. The minimum Gasteiger partial charge on any atom is -0.466 e. The van der Waals surface area contributed by atoms with Gasteiger partial charge in [0.15, 0.2) is 0 Å². The molecule has 1 fully saturated rings. The summed E-state index contributed by atoms with van der Waals surface area (Å²) in [6.45, 7) is 4.26. The van der Waals surface area contributed by atoms with Crippen LogP contribution in [0.2, 0.25) is 0 Å². The second kappa shape index (κ2) is 6.63. The lowest BCUT2D eigenvalue weighted by atomic mass is 9.91. The molecule has 0 aromatic heterocycles. The van der Waals surface area contributed by atoms with Crippen LogP contribution in [0.4, 0.5) is 0 Å². The molecule has 0 spiro atoms. The molecule has 0 aromatic carbocycles. The van der Waals surface area contributed by atoms with Crippen molar-refractivity contribution in [2.24, 2.45) is 5.92 Å². The summed E-state index contributed by atoms with van der Waals surface area (Å²) < 4.78 is 10.6. The Morgan fingerprint density at radius 3 is 2.88 bits per heavy atom. The second-order valence-corrected chi connectivity index (χ2v) is 4.26. The zero-order valence-electron chi connectivity index (χ0n) is 9.98. The second-order valence-electron chi connectivity index (χ2n) is 4.26. The van der Waals surface area contributed by atoms with Gasteiger partial charge in [-0.1, -0.05) is 6.92 Å². The molecule has 0 bridgehead atoms. The van der Waals surface area contributed by atoms with E-state index < -0.39 is 0 Å². The van der Waals surface area contributed by atoms with Crippen LogP contribution in [0.3, 0.4) is 0 Å². The molecule has 1 rings (SSSR count). The first kappa shape index (κ1) is 13.2. The van der Waals surface area contributed by atoms with E-state index >= 15 is 0 Å². The van der Waals surface area contributed by atoms with Gasteiger partial charge in [0.25, 0.3) is 0 Å². The van der Waals surface area contributed by atoms with E-state index in [9.17, 15) is 9.59 Å². The Morgan fingerprint density at radius 2 is 2.25 bits per heavy atom. The monoisotopic (exact) mass is 228 g/mol. The highest BCUT2D eigenvalue weighted by atomic mass is 16.5. The lowest BCUT2D eigenvalue weighted by Crippen LogP contribution is -2.36. The number of ether oxygens (including phenoxy) is 2. The van der Waals surface area contributed by atoms with Crippen molar-refractivity contribution >= 4 is 12.3 Å². The first-order valence-corrected chi connectivity index (χ1v) is 5.92. The summed E-state index contributed by atoms with van der Waals surface area (Å²) in [5.74, 6) is 0.137. The van der Waals surface area contributed by atoms with Crippen LogP contribution >= 0.6 is 0 Å². The number of hydrogen-bond acceptors (Lipinski definition) is 4. The predicted octanol–water partition coefficient (Wildman–Crippen LogP) is 1.71. The van der Waals surface area contributed by atoms with E-state index in [1.165, 1.54) is 0 Å². The van der Waals surface area contributed by atoms with Crippen molar-refractivity contribution in [2.45, 2.75) is 51.7 Å². The summed E-state index contributed by atoms with van der Waals surface area (Å²) in [7, 11) is 0. The van der Waals surface area contributed by atoms with Crippen LogP contribution < -0.4 is 0 Å². The summed E-state index contributed by atoms with van der Waals surface area (Å²) in [5.41, 5.74) is 0. The molecule has 1 aliphatic heterocycles. The summed E-state index contributed by atoms with van der Waals surface area (Å²) in [5, 5.41) is 0. The molecule has 3 atom stereocenters. The van der Waals surface area contributed by atoms with Crippen molar-refractivity contribution in [1.29, 1.82) is 0 Å². The van der Waals surface area contributed by atoms with Gasteiger partial charge in [-0.25, -0.2) is 0 Å². The molecule has 0 N–H and O–H groups in total. The van der Waals surface area contributed by atoms with Gasteiger partial charge in [-0.05, 0) is 25.7 Å². The molecule has 4 nitrogen and oxygen atoms in total. The normalized spacial score (nSPS) is 29.8. The first-order chi connectivity index (χ1) is 7.67. The number of hydrogen-bond donors (Lipinski definition) is 0. The van der Waals surface area contributed by atoms with Gasteiger partial charge in [0, 0.05) is 6.42 Å². The summed E-state index contributed by atoms with van der Waals surface area (Å²) >= 11 is 0. The highest BCUT2D eigenvalue weighted by Gasteiger charge is 2.30. The van der Waals surface area contributed by atoms with Gasteiger partial charge in [-0.15, -0.1) is 0 Å². The Morgan fingerprint density at radius 1 is 1.50 bits per heavy atom. The largest absolute Gasteiger partial charge is 0.466 e. The van der Waals surface area contributed by atoms with Gasteiger partial charge in [-0.3, -0.25) is 4.79 Å². The van der Waals surface area contributed by atoms with E-state index in [1.807, 2.05) is 0 Å². The molecule has 0 saturated carbocycles. The fourth-order valence-corrected chi connectivity index (χ4v) is 2.00. The molecule has 0 aromatic rings. The highest BCUT2D eigenvalue weighted by molar-refractivity contribution is 5.70. The Bertz CT molecular complexity index is 239. The maximum Gasteiger partial charge on any atom is 0.308 e. The number of carbonyl (C=O) groups is 2. The fourth-order valence-electron chi connectivity index (χ4n) is 2.00. The van der Waals surface area contributed by atoms with Gasteiger partial charge in [-0.2, -0.15) is 0 Å². The predicted molar refractivity (Wildman–Crippen MR) is 59.0 cm³/mol. The van der Waals surface area contributed by atoms with Crippen LogP contribution in [0.5, 0.6) is 0 Å². The third kappa shape index (κ3) is 3.93. The average molecular weight is 228 g/mol. The van der Waals surface area contributed by atoms with Gasteiger partial charge in [0.1, 0.15) is 6.29 Å². The third-order valence-electron chi connectivity index (χ3n) is 2.98. The molecule has 4 heteroatoms. The van der Waals surface area contributed by atoms with Gasteiger partial charge < -0.3 is 14.3 Å². The standard InChI is InChI=1S/C12H20O4/c1-3-15-12(14)8-11-9(2)4-5-10(16-11)6-7-13/h7,9-11H,3-6,8H2,1-2H3/t9-,10+,11-/m1/s1. The quantitative estimate of drug-likeness (QED) is 0.531. The van der Waals surface area contributed by atoms with Crippen LogP contribution in [-0.4, -0.2) is 31.1 Å². The fraction of sp³-hybridized carbons (Fsp3) is 0.833. The summed E-state index contributed by atoms with van der Waals surface area (Å²) in [6, 6.07) is 0. The van der Waals surface area contributed by atoms with E-state index in [1.54, 1.807) is 6.92 Å². The molecule has 0 aliphatic carbocycles. The minimum absolute atomic E-state index is 0.0203. The molecule has 92 valence electrons. The minimum atomic E-state index is -0.217. The Labute approximate surface area is 96.3 Å². The number of aldehydes is 1. The van der Waals surface area contributed by atoms with Gasteiger partial charge in [0.2, 0.25) is 0 Å². The van der Waals surface area contributed by atoms with Gasteiger partial charge in [0.05, 0.1) is 25.2 Å². The van der Waals surface area contributed by atoms with Crippen LogP contribution in [0, 0.1) is 5.92 Å². The van der Waals surface area contributed by atoms with Crippen molar-refractivity contribution in [2.75, 3.05) is 6.61 Å². The summed E-state index contributed by atoms with van der Waals surface area (Å²) in [4.78, 5) is 21.8. The maximum absolute atomic E-state index is 11.3. The number of carbonyl (C=O) groups excluding carboxylic acids is 2. The van der Waals surface area contributed by atoms with Crippen molar-refractivity contribution in [1.82, 2.24) is 0 Å². The molecular weight excluding hydrogens is 208 g/mol. The number of rotatable bonds is 5. The lowest BCUT2D eigenvalue weighted by Gasteiger charge is -2.33. The van der Waals surface area contributed by atoms with Crippen LogP contribution in [0.1, 0.15) is 39.5 Å². The maximum atomic E-state index is 11.3. The smallest absolute Gasteiger partial charge is 0.308 e. The molecule has 1 heterocycles. The van der Waals surface area contributed by atoms with Crippen LogP contribution in [-0.2, 0) is 19.1 Å². The molecule has 0 radical (unpaired) electrons. The lowest BCUT2D eigenvalue weighted by molar-refractivity contribution is -0.152. The molecule has 1 saturated heterocycles. The molecule has 1 aliphatic rings. The average Bonchev–Trinajstić information content (AvgIpc) is 2.24. The van der Waals surface area contributed by atoms with Gasteiger partial charge >= 0.3 is 5.97 Å². The Kier molecular flexibility index (Phi) is 5.46. The van der Waals surface area contributed by atoms with E-state index in [2.05, 4.69) is 6.92 Å². The molecular formula is C12H20O4. The van der Waals surface area contributed by atoms with Crippen LogP contribution in [0.15, 0.2) is 0 Å². The van der Waals surface area contributed by atoms with E-state index in [0.29, 0.717) is 25.4 Å². The molecule has 0 unspecified atom stereocenters. The SMILES string of the molecule is CCOC(=O)C[C@H]1O[C@H](CC=O)CC[C@H]1C. The molecule has 0 amide bonds. The zero-order chi connectivity index (χ0) is 12.0. The number of esters is 1. The van der Waals surface area contributed by atoms with Crippen molar-refractivity contribution < 1.29 is 19.1 Å². The van der Waals surface area contributed by atoms with Crippen LogP contribution in [0.25, 0.3) is 0 Å². The summed E-state index contributed by atoms with van der Waals surface area (Å²) in [6.07, 6.45) is 3.38. The topological polar surface area (TPSA) is 52.6 Å². The highest BCUT2D eigenvalue weighted by Crippen LogP contribution is 2.28. The van der Waals surface area contributed by atoms with E-state index in [0.717, 1.165) is 19.1 Å². The third-order valence-corrected chi connectivity index (χ3v) is 2.98. The molecule has 16 heavy (non-hydrogen) atoms. The van der Waals surface area contributed by atoms with Crippen molar-refractivity contribution in [3.8, 4) is 0 Å². The van der Waals surface area contributed by atoms with Crippen molar-refractivity contribution in [3.05, 3.63) is 0 Å². The van der Waals surface area contributed by atoms with E-state index in [-0.39, 0.29) is 18.2 Å².